The maximum Gasteiger partial charge on any atom is 0.182 e. The fourth-order valence-electron chi connectivity index (χ4n) is 21.5. The molecule has 23 nitrogen and oxygen atoms in total. The minimum atomic E-state index is -0.634. The van der Waals surface area contributed by atoms with Crippen LogP contribution in [-0.4, -0.2) is 198 Å². The Morgan fingerprint density at radius 2 is 0.586 bits per heavy atom. The minimum Gasteiger partial charge on any atom is -0.483 e. The van der Waals surface area contributed by atoms with Crippen LogP contribution in [-0.2, 0) is 14.2 Å². The normalized spacial score (nSPS) is 19.4. The number of aliphatic hydroxyl groups excluding tert-OH is 5. The molecule has 698 valence electrons. The Morgan fingerprint density at radius 1 is 0.359 bits per heavy atom. The number of H-pyrrole nitrogens is 5. The molecule has 0 spiro atoms. The van der Waals surface area contributed by atoms with Crippen LogP contribution in [0.15, 0.2) is 129 Å². The van der Waals surface area contributed by atoms with E-state index in [1.54, 1.807) is 38.1 Å². The van der Waals surface area contributed by atoms with E-state index in [1.165, 1.54) is 64.7 Å². The highest BCUT2D eigenvalue weighted by molar-refractivity contribution is 6.33. The zero-order valence-electron chi connectivity index (χ0n) is 77.7. The van der Waals surface area contributed by atoms with Gasteiger partial charge >= 0.3 is 0 Å². The maximum atomic E-state index is 11.3. The summed E-state index contributed by atoms with van der Waals surface area (Å²) in [6.45, 7) is 50.3. The zero-order chi connectivity index (χ0) is 92.1. The molecule has 2 aliphatic carbocycles. The number of nitrogens with zero attached hydrogens (tertiary/aromatic N) is 10. The van der Waals surface area contributed by atoms with E-state index < -0.39 is 30.5 Å². The van der Waals surface area contributed by atoms with Crippen LogP contribution in [0.4, 0.5) is 0 Å². The number of fused-ring (bicyclic) bond motifs is 5. The highest BCUT2D eigenvalue weighted by atomic mass is 35.5. The van der Waals surface area contributed by atoms with Gasteiger partial charge in [-0.3, -0.25) is 25.5 Å². The van der Waals surface area contributed by atoms with Gasteiger partial charge in [0.25, 0.3) is 0 Å². The fourth-order valence-corrected chi connectivity index (χ4v) is 22.7. The number of aromatic nitrogens is 10. The second-order valence-corrected chi connectivity index (χ2v) is 42.5. The zero-order valence-corrected chi connectivity index (χ0v) is 81.5. The number of hydrogen-bond acceptors (Lipinski definition) is 18. The van der Waals surface area contributed by atoms with Gasteiger partial charge in [0.05, 0.1) is 109 Å². The number of likely N-dealkylation sites (tertiary alicyclic amines) is 5. The number of methoxy groups -OCH3 is 1. The number of benzene rings is 5. The van der Waals surface area contributed by atoms with E-state index in [0.29, 0.717) is 67.2 Å². The average molecular weight is 1860 g/mol. The molecule has 10 aromatic rings. The number of aliphatic hydroxyl groups is 5. The van der Waals surface area contributed by atoms with Gasteiger partial charge in [0, 0.05) is 131 Å². The summed E-state index contributed by atoms with van der Waals surface area (Å²) < 4.78 is 16.5. The topological polar surface area (TPSA) is 288 Å². The lowest BCUT2D eigenvalue weighted by Gasteiger charge is -2.44. The number of rotatable bonds is 25. The first-order valence-corrected chi connectivity index (χ1v) is 48.4. The number of ether oxygens (including phenoxy) is 3. The lowest BCUT2D eigenvalue weighted by atomic mass is 9.68. The summed E-state index contributed by atoms with van der Waals surface area (Å²) in [5.74, 6) is 4.39. The third-order valence-electron chi connectivity index (χ3n) is 30.4. The third kappa shape index (κ3) is 22.3. The molecular formula is C100H140Cl5N15O8. The van der Waals surface area contributed by atoms with E-state index in [1.807, 2.05) is 81.4 Å². The van der Waals surface area contributed by atoms with Crippen LogP contribution >= 0.6 is 58.0 Å². The van der Waals surface area contributed by atoms with Crippen LogP contribution < -0.4 is 0 Å². The highest BCUT2D eigenvalue weighted by Gasteiger charge is 2.47. The largest absolute Gasteiger partial charge is 0.483 e. The van der Waals surface area contributed by atoms with Crippen molar-refractivity contribution in [3.63, 3.8) is 0 Å². The lowest BCUT2D eigenvalue weighted by molar-refractivity contribution is -0.0254. The SMILES string of the molecule is C=C(OC(C)C)N1CCC(C(C)(C)C(O)c2cc(Cl)cc3cn[nH]c23)CC1.C=C(OC)N1CCC(C(C)(C)C(O)c2cc(Cl)cc3cn[nH]c23)CC1.C=C(OCC)N1CCC(C(C)(C)C(O)c2cc(Cl)cc3cn[nH]c23)CC1.CC(C)(C1CCN(C2CC2)CC1)C(O)c1cc(Cl)cc2cn[nH]c12.CC(C)(C1CCN(C2CCCC2)CC1)C(O)c1cc(Cl)cc2cn[nH]c12. The molecule has 0 radical (unpaired) electrons. The predicted molar refractivity (Wildman–Crippen MR) is 518 cm³/mol. The molecule has 5 aromatic carbocycles. The molecule has 0 amide bonds. The van der Waals surface area contributed by atoms with Gasteiger partial charge < -0.3 is 64.2 Å². The first-order valence-electron chi connectivity index (χ1n) is 46.5. The molecule has 10 N–H and O–H groups in total. The lowest BCUT2D eigenvalue weighted by Crippen LogP contribution is -2.44. The van der Waals surface area contributed by atoms with Crippen molar-refractivity contribution in [2.24, 2.45) is 56.7 Å². The van der Waals surface area contributed by atoms with E-state index in [2.05, 4.69) is 164 Å². The molecule has 128 heavy (non-hydrogen) atoms. The first kappa shape index (κ1) is 98.2. The number of piperidine rings is 5. The maximum absolute atomic E-state index is 11.3. The highest BCUT2D eigenvalue weighted by Crippen LogP contribution is 2.53. The van der Waals surface area contributed by atoms with Crippen LogP contribution in [0, 0.1) is 56.7 Å². The minimum absolute atomic E-state index is 0.133. The molecule has 5 aromatic heterocycles. The molecule has 17 rings (SSSR count). The first-order chi connectivity index (χ1) is 60.8. The molecule has 5 aliphatic heterocycles. The summed E-state index contributed by atoms with van der Waals surface area (Å²) >= 11 is 31.3. The van der Waals surface area contributed by atoms with Crippen LogP contribution in [0.3, 0.4) is 0 Å². The van der Waals surface area contributed by atoms with Crippen molar-refractivity contribution < 1.29 is 39.7 Å². The molecular weight excluding hydrogens is 1720 g/mol. The van der Waals surface area contributed by atoms with Crippen molar-refractivity contribution in [2.75, 3.05) is 79.2 Å². The van der Waals surface area contributed by atoms with E-state index in [0.717, 1.165) is 210 Å². The molecule has 7 fully saturated rings. The Kier molecular flexibility index (Phi) is 32.1. The molecule has 2 saturated carbocycles. The van der Waals surface area contributed by atoms with Crippen LogP contribution in [0.2, 0.25) is 25.1 Å². The molecule has 5 unspecified atom stereocenters. The van der Waals surface area contributed by atoms with Crippen LogP contribution in [0.25, 0.3) is 54.5 Å². The predicted octanol–water partition coefficient (Wildman–Crippen LogP) is 22.6. The monoisotopic (exact) mass is 1850 g/mol. The molecule has 28 heteroatoms. The van der Waals surface area contributed by atoms with Crippen molar-refractivity contribution in [3.8, 4) is 0 Å². The Labute approximate surface area is 781 Å². The summed E-state index contributed by atoms with van der Waals surface area (Å²) in [5.41, 5.74) is 7.28. The average Bonchev–Trinajstić information content (AvgIpc) is 1.52. The second kappa shape index (κ2) is 41.8. The Bertz CT molecular complexity index is 5350. The van der Waals surface area contributed by atoms with E-state index in [4.69, 9.17) is 72.2 Å². The van der Waals surface area contributed by atoms with Gasteiger partial charge in [-0.05, 0) is 274 Å². The fraction of sp³-hybridized carbons (Fsp3) is 0.590. The van der Waals surface area contributed by atoms with Gasteiger partial charge in [0.2, 0.25) is 0 Å². The molecule has 7 aliphatic rings. The van der Waals surface area contributed by atoms with Gasteiger partial charge in [-0.25, -0.2) is 0 Å². The van der Waals surface area contributed by atoms with E-state index >= 15 is 0 Å². The van der Waals surface area contributed by atoms with Crippen molar-refractivity contribution in [2.45, 2.75) is 241 Å². The molecule has 10 heterocycles. The van der Waals surface area contributed by atoms with Crippen molar-refractivity contribution in [1.82, 2.24) is 75.5 Å². The third-order valence-corrected chi connectivity index (χ3v) is 31.5. The van der Waals surface area contributed by atoms with Gasteiger partial charge in [-0.15, -0.1) is 0 Å². The standard InChI is InChI=1S/C21H30ClN3O2.C21H30ClN3O.C20H28ClN3O2.C19H26ClN3O2.C19H26ClN3O/c1-13(2)27-14(3)25-8-6-16(7-9-25)21(4,5)20(26)18-11-17(22)10-15-12-23-24-19(15)18;1-21(2,15-7-9-25(10-8-15)17-5-3-4-6-17)20(26)18-12-16(22)11-14-13-23-24-19(14)18;1-5-26-13(2)24-8-6-15(7-9-24)20(3,4)19(25)17-11-16(21)10-14-12-22-23-18(14)17;1-12(25-4)23-7-5-14(6-8-23)19(2,3)18(24)16-10-15(20)9-13-11-21-22-17(13)16;1-19(2,13-5-7-23(8-6-13)15-3-4-15)18(24)16-10-14(20)9-12-11-21-22-17(12)16/h10-13,16,20,26H,3,6-9H2,1-2,4-5H3,(H,23,24);11-13,15,17,20,26H,3-10H2,1-2H3,(H,23,24);10-12,15,19,25H,2,5-9H2,1,3-4H3,(H,22,23);9-11,14,18,24H,1,5-8H2,2-4H3,(H,21,22);9-11,13,15,18,24H,3-8H2,1-2H3,(H,21,22). The summed E-state index contributed by atoms with van der Waals surface area (Å²) in [6, 6.07) is 20.3. The molecule has 0 bridgehead atoms. The Morgan fingerprint density at radius 3 is 0.812 bits per heavy atom. The van der Waals surface area contributed by atoms with Crippen LogP contribution in [0.5, 0.6) is 0 Å². The smallest absolute Gasteiger partial charge is 0.182 e. The van der Waals surface area contributed by atoms with Crippen LogP contribution in [0.1, 0.15) is 251 Å². The quantitative estimate of drug-likeness (QED) is 0.0238. The second-order valence-electron chi connectivity index (χ2n) is 40.3. The summed E-state index contributed by atoms with van der Waals surface area (Å²) in [7, 11) is 1.65. The Hall–Kier alpha value is -7.36. The summed E-state index contributed by atoms with van der Waals surface area (Å²) in [4.78, 5) is 11.9. The van der Waals surface area contributed by atoms with Gasteiger partial charge in [-0.2, -0.15) is 25.5 Å². The number of aromatic amines is 5. The van der Waals surface area contributed by atoms with Crippen molar-refractivity contribution in [1.29, 1.82) is 0 Å². The van der Waals surface area contributed by atoms with Gasteiger partial charge in [-0.1, -0.05) is 140 Å². The van der Waals surface area contributed by atoms with Gasteiger partial charge in [0.1, 0.15) is 0 Å². The van der Waals surface area contributed by atoms with Gasteiger partial charge in [0.15, 0.2) is 17.6 Å². The number of halogens is 5. The summed E-state index contributed by atoms with van der Waals surface area (Å²) in [5, 5.41) is 99.7. The molecule has 5 saturated heterocycles. The number of hydrogen-bond donors (Lipinski definition) is 10. The van der Waals surface area contributed by atoms with Crippen molar-refractivity contribution >= 4 is 113 Å². The van der Waals surface area contributed by atoms with E-state index in [-0.39, 0.29) is 33.2 Å². The number of nitrogens with one attached hydrogen (secondary N) is 5. The van der Waals surface area contributed by atoms with Crippen molar-refractivity contribution in [3.05, 3.63) is 182 Å². The molecule has 5 atom stereocenters. The van der Waals surface area contributed by atoms with E-state index in [9.17, 15) is 25.5 Å². The summed E-state index contributed by atoms with van der Waals surface area (Å²) in [6.07, 6.45) is 24.7. The Balaban J connectivity index is 0.000000137.